The molecule has 0 aliphatic rings. The molecule has 0 bridgehead atoms. The predicted molar refractivity (Wildman–Crippen MR) is 350 cm³/mol. The molecule has 0 spiro atoms. The number of halogens is 8. The van der Waals surface area contributed by atoms with Crippen LogP contribution >= 0.6 is 15.9 Å². The number of alkyl halides is 4. The maximum Gasteiger partial charge on any atom is 0.471 e. The van der Waals surface area contributed by atoms with E-state index in [-0.39, 0.29) is 30.4 Å². The summed E-state index contributed by atoms with van der Waals surface area (Å²) < 4.78 is 142. The quantitative estimate of drug-likeness (QED) is 0.00725. The van der Waals surface area contributed by atoms with Gasteiger partial charge >= 0.3 is 72.5 Å². The Labute approximate surface area is 606 Å². The summed E-state index contributed by atoms with van der Waals surface area (Å²) in [5, 5.41) is 28.6. The first kappa shape index (κ1) is 99.1. The van der Waals surface area contributed by atoms with Crippen LogP contribution in [0.4, 0.5) is 49.9 Å². The molecular weight excluding hydrogens is 1500 g/mol. The average molecular weight is 1590 g/mol. The largest absolute Gasteiger partial charge is 0.480 e. The number of rotatable bonds is 29. The van der Waals surface area contributed by atoms with E-state index < -0.39 is 203 Å². The number of nitrogens with one attached hydrogen (secondary N) is 5. The third-order valence-corrected chi connectivity index (χ3v) is 11.7. The van der Waals surface area contributed by atoms with Gasteiger partial charge in [0, 0.05) is 13.5 Å². The number of nitrogens with zero attached hydrogens (tertiary/aromatic N) is 2. The maximum atomic E-state index is 13.5. The van der Waals surface area contributed by atoms with Crippen LogP contribution in [0, 0.1) is 23.3 Å². The highest BCUT2D eigenvalue weighted by Gasteiger charge is 2.42. The van der Waals surface area contributed by atoms with Gasteiger partial charge in [-0.3, -0.25) is 43.2 Å². The first-order valence-corrected chi connectivity index (χ1v) is 31.3. The molecule has 5 amide bonds. The zero-order valence-electron chi connectivity index (χ0n) is 60.2. The Kier molecular flexibility index (Phi) is 45.3. The van der Waals surface area contributed by atoms with Gasteiger partial charge in [0.25, 0.3) is 5.78 Å². The number of alkyl carbamates (subject to hydrolysis) is 4. The number of carbonyl (C=O) groups excluding carboxylic acids is 13. The Bertz CT molecular complexity index is 3280. The van der Waals surface area contributed by atoms with Crippen LogP contribution in [-0.4, -0.2) is 224 Å². The topological polar surface area (TPSA) is 478 Å². The number of Topliss-reactive ketones (excluding diaryl/α,β-unsaturated/α-hetero) is 4. The number of amides is 5. The number of ether oxygens (including phenoxy) is 11. The van der Waals surface area contributed by atoms with Gasteiger partial charge in [0.15, 0.2) is 58.4 Å². The zero-order chi connectivity index (χ0) is 82.1. The van der Waals surface area contributed by atoms with Gasteiger partial charge in [0.2, 0.25) is 0 Å². The van der Waals surface area contributed by atoms with Crippen molar-refractivity contribution in [3.63, 3.8) is 0 Å². The summed E-state index contributed by atoms with van der Waals surface area (Å²) >= 11 is 2.98. The van der Waals surface area contributed by atoms with E-state index in [0.29, 0.717) is 6.21 Å². The lowest BCUT2D eigenvalue weighted by atomic mass is 10.1. The third kappa shape index (κ3) is 47.7. The lowest BCUT2D eigenvalue weighted by Gasteiger charge is -2.24. The Hall–Kier alpha value is -10.1. The first-order chi connectivity index (χ1) is 48.1. The van der Waals surface area contributed by atoms with Crippen LogP contribution in [0.25, 0.3) is 5.53 Å². The molecule has 0 unspecified atom stereocenters. The number of benzene rings is 2. The van der Waals surface area contributed by atoms with E-state index in [1.165, 1.54) is 19.5 Å². The Balaban J connectivity index is -0.00000125. The Morgan fingerprint density at radius 1 is 0.476 bits per heavy atom. The van der Waals surface area contributed by atoms with E-state index >= 15 is 0 Å². The number of hydrogen-bond acceptors (Lipinski definition) is 26. The molecule has 2 aromatic rings. The molecule has 0 aliphatic carbocycles. The van der Waals surface area contributed by atoms with Gasteiger partial charge in [-0.25, -0.2) is 41.5 Å². The zero-order valence-corrected chi connectivity index (χ0v) is 61.8. The second-order valence-electron chi connectivity index (χ2n) is 24.6. The molecular formula is C63H87BrF7N7O27. The van der Waals surface area contributed by atoms with Crippen LogP contribution in [0.5, 0.6) is 11.5 Å². The Morgan fingerprint density at radius 3 is 1.05 bits per heavy atom. The molecule has 592 valence electrons. The number of carboxylic acids is 1. The molecule has 0 aliphatic heterocycles. The van der Waals surface area contributed by atoms with E-state index in [9.17, 15) is 103 Å². The van der Waals surface area contributed by atoms with E-state index in [0.717, 1.165) is 57.7 Å². The van der Waals surface area contributed by atoms with Crippen molar-refractivity contribution in [1.82, 2.24) is 26.6 Å². The van der Waals surface area contributed by atoms with Gasteiger partial charge < -0.3 is 94.4 Å². The summed E-state index contributed by atoms with van der Waals surface area (Å²) in [6, 6.07) is -0.902. The monoisotopic (exact) mass is 1590 g/mol. The number of aliphatic carboxylic acids is 1. The molecule has 2 aromatic carbocycles. The normalized spacial score (nSPS) is 12.6. The van der Waals surface area contributed by atoms with Crippen molar-refractivity contribution in [2.75, 3.05) is 54.1 Å². The molecule has 0 heterocycles. The predicted octanol–water partition coefficient (Wildman–Crippen LogP) is 5.93. The van der Waals surface area contributed by atoms with Crippen LogP contribution in [0.2, 0.25) is 0 Å². The van der Waals surface area contributed by atoms with E-state index in [1.54, 1.807) is 83.1 Å². The van der Waals surface area contributed by atoms with Crippen molar-refractivity contribution in [3.05, 3.63) is 65.2 Å². The molecule has 0 saturated carbocycles. The minimum atomic E-state index is -5.30. The highest BCUT2D eigenvalue weighted by atomic mass is 79.9. The summed E-state index contributed by atoms with van der Waals surface area (Å²) in [7, 11) is 5.63. The molecule has 6 atom stereocenters. The van der Waals surface area contributed by atoms with Crippen LogP contribution < -0.4 is 36.1 Å². The van der Waals surface area contributed by atoms with Crippen LogP contribution in [0.15, 0.2) is 36.4 Å². The summed E-state index contributed by atoms with van der Waals surface area (Å²) in [5.74, 6) is -15.7. The van der Waals surface area contributed by atoms with E-state index in [1.807, 2.05) is 0 Å². The number of aliphatic hydroxyl groups excluding tert-OH is 1. The van der Waals surface area contributed by atoms with Crippen molar-refractivity contribution in [3.8, 4) is 11.5 Å². The van der Waals surface area contributed by atoms with Gasteiger partial charge in [-0.05, 0) is 107 Å². The summed E-state index contributed by atoms with van der Waals surface area (Å²) in [6.45, 7) is 18.1. The Morgan fingerprint density at radius 2 is 0.762 bits per heavy atom. The number of carbonyl (C=O) groups is 14. The molecule has 0 fully saturated rings. The van der Waals surface area contributed by atoms with E-state index in [4.69, 9.17) is 34.3 Å². The van der Waals surface area contributed by atoms with E-state index in [2.05, 4.69) is 70.4 Å². The lowest BCUT2D eigenvalue weighted by Crippen LogP contribution is -2.49. The smallest absolute Gasteiger partial charge is 0.471 e. The first-order valence-electron chi connectivity index (χ1n) is 30.2. The van der Waals surface area contributed by atoms with Gasteiger partial charge in [-0.1, -0.05) is 28.1 Å². The van der Waals surface area contributed by atoms with Gasteiger partial charge in [-0.2, -0.15) is 18.0 Å². The standard InChI is InChI=1S/C17H23F2NO6.C14H12F5NO5.C11H18BrNO5.C11H17N3O5.C10H17NO6/c1-17(2,3)26-16(23)20-12(8-14(22)24-4)13(21)9-25-15-10(18)6-5-7-11(15)19;1-24-11(22)5-9(20-13(23)14(17,18)19)10(21)6-25-12-7(15)3-2-4-8(12)16;1-11(2,3)18-10(16)13-7(8(14)6-12)5-9(15)17-4;1-11(2,3)19-10(17)14-7(5-9(16)18-4)8(15)6-13-12;1-10(2,3)17-9(15)11-6(8(13)14)5-7(12)16-4/h5-7,12,14,22H,8-9H2,1-4H3,(H,20,23);2-4,9H,5-6H2,1H3,(H,20,23);7H,5-6H2,1-4H3,(H,13,16);6-7H,5H2,1-4H3,(H,14,17);6H,5H2,1-4H3,(H,11,15)(H,13,14)/t12-,14-;9-;2*7-;6-/m00000/s1. The van der Waals surface area contributed by atoms with Crippen molar-refractivity contribution in [1.29, 1.82) is 0 Å². The molecule has 0 aromatic heterocycles. The number of methoxy groups -OCH3 is 5. The summed E-state index contributed by atoms with van der Waals surface area (Å²) in [4.78, 5) is 162. The van der Waals surface area contributed by atoms with Gasteiger partial charge in [0.1, 0.15) is 59.8 Å². The van der Waals surface area contributed by atoms with Crippen molar-refractivity contribution >= 4 is 105 Å². The minimum Gasteiger partial charge on any atom is -0.480 e. The number of aliphatic hydroxyl groups is 1. The minimum absolute atomic E-state index is 0.0322. The molecule has 34 nitrogen and oxygen atoms in total. The van der Waals surface area contributed by atoms with Crippen molar-refractivity contribution in [2.45, 2.75) is 180 Å². The second kappa shape index (κ2) is 48.0. The molecule has 105 heavy (non-hydrogen) atoms. The number of ketones is 4. The molecule has 0 radical (unpaired) electrons. The summed E-state index contributed by atoms with van der Waals surface area (Å²) in [5.41, 5.74) is 5.34. The number of carboxylic acid groups (broad SMARTS) is 1. The molecule has 0 saturated heterocycles. The number of hydrogen-bond donors (Lipinski definition) is 7. The fraction of sp³-hybridized carbons (Fsp3) is 0.571. The highest BCUT2D eigenvalue weighted by molar-refractivity contribution is 9.09. The third-order valence-electron chi connectivity index (χ3n) is 11.1. The van der Waals surface area contributed by atoms with Crippen LogP contribution in [0.3, 0.4) is 0 Å². The van der Waals surface area contributed by atoms with Crippen molar-refractivity contribution in [2.24, 2.45) is 0 Å². The number of esters is 4. The number of para-hydroxylation sites is 2. The molecule has 42 heteroatoms. The second-order valence-corrected chi connectivity index (χ2v) is 25.1. The fourth-order valence-corrected chi connectivity index (χ4v) is 6.88. The van der Waals surface area contributed by atoms with Crippen LogP contribution in [-0.2, 0) is 90.6 Å². The van der Waals surface area contributed by atoms with Crippen LogP contribution in [0.1, 0.15) is 115 Å². The molecule has 2 rings (SSSR count). The van der Waals surface area contributed by atoms with Gasteiger partial charge in [-0.15, -0.1) is 0 Å². The maximum absolute atomic E-state index is 13.5. The molecule has 7 N–H and O–H groups in total. The average Bonchev–Trinajstić information content (AvgIpc) is 0.868. The fourth-order valence-electron chi connectivity index (χ4n) is 6.49. The highest BCUT2D eigenvalue weighted by Crippen LogP contribution is 2.23. The van der Waals surface area contributed by atoms with Gasteiger partial charge in [0.05, 0.1) is 65.5 Å². The summed E-state index contributed by atoms with van der Waals surface area (Å²) in [6.07, 6.45) is -11.7. The SMILES string of the molecule is COC(=O)C[C@H](NC(=O)C(F)(F)F)C(=O)COc1c(F)cccc1F.COC(=O)C[C@H](NC(=O)OC(C)(C)C)C(=O)C=[N+]=[N-].COC(=O)C[C@H](NC(=O)OC(C)(C)C)C(=O)CBr.COC(=O)C[C@H](NC(=O)OC(C)(C)C)C(=O)O.CO[C@H](O)C[C@H](NC(=O)OC(C)(C)C)C(=O)COc1c(F)cccc1F. The van der Waals surface area contributed by atoms with Crippen molar-refractivity contribution < 1.29 is 165 Å². The lowest BCUT2D eigenvalue weighted by molar-refractivity contribution is -0.175.